The highest BCUT2D eigenvalue weighted by molar-refractivity contribution is 5.43. The van der Waals surface area contributed by atoms with Gasteiger partial charge in [-0.1, -0.05) is 18.9 Å². The Labute approximate surface area is 78.1 Å². The van der Waals surface area contributed by atoms with Gasteiger partial charge >= 0.3 is 0 Å². The summed E-state index contributed by atoms with van der Waals surface area (Å²) in [6.45, 7) is 5.47. The molecule has 0 amide bonds. The number of rotatable bonds is 2. The molecule has 0 N–H and O–H groups in total. The zero-order valence-electron chi connectivity index (χ0n) is 7.47. The van der Waals surface area contributed by atoms with Crippen LogP contribution in [0.5, 0.6) is 0 Å². The van der Waals surface area contributed by atoms with Crippen LogP contribution in [0.15, 0.2) is 30.9 Å². The summed E-state index contributed by atoms with van der Waals surface area (Å²) < 4.78 is 13.0. The van der Waals surface area contributed by atoms with Gasteiger partial charge in [-0.2, -0.15) is 0 Å². The average Bonchev–Trinajstić information content (AvgIpc) is 2.15. The maximum atomic E-state index is 13.0. The van der Waals surface area contributed by atoms with E-state index in [0.717, 1.165) is 11.5 Å². The average molecular weight is 173 g/mol. The molecular formula is C12H10F. The van der Waals surface area contributed by atoms with Gasteiger partial charge in [-0.05, 0) is 23.8 Å². The van der Waals surface area contributed by atoms with Crippen LogP contribution in [-0.4, -0.2) is 0 Å². The number of terminal acetylenes is 1. The number of benzene rings is 1. The molecule has 0 heterocycles. The van der Waals surface area contributed by atoms with Gasteiger partial charge in [-0.3, -0.25) is 0 Å². The van der Waals surface area contributed by atoms with Gasteiger partial charge in [0.2, 0.25) is 0 Å². The second-order valence-corrected chi connectivity index (χ2v) is 2.76. The normalized spacial score (nSPS) is 9.69. The SMILES string of the molecule is C#Cc1cc(F)cc([C](C)C=C)c1. The number of hydrogen-bond acceptors (Lipinski definition) is 0. The molecule has 0 saturated heterocycles. The summed E-state index contributed by atoms with van der Waals surface area (Å²) in [6, 6.07) is 4.54. The summed E-state index contributed by atoms with van der Waals surface area (Å²) in [5.41, 5.74) is 1.33. The molecule has 0 unspecified atom stereocenters. The molecule has 1 radical (unpaired) electrons. The fraction of sp³-hybridized carbons (Fsp3) is 0.0833. The summed E-state index contributed by atoms with van der Waals surface area (Å²) in [5.74, 6) is 3.00. The van der Waals surface area contributed by atoms with Crippen molar-refractivity contribution in [1.29, 1.82) is 0 Å². The molecule has 1 heteroatoms. The van der Waals surface area contributed by atoms with Gasteiger partial charge in [0.05, 0.1) is 0 Å². The highest BCUT2D eigenvalue weighted by Gasteiger charge is 2.04. The van der Waals surface area contributed by atoms with Crippen molar-refractivity contribution >= 4 is 0 Å². The van der Waals surface area contributed by atoms with Crippen LogP contribution in [0.2, 0.25) is 0 Å². The zero-order valence-corrected chi connectivity index (χ0v) is 7.47. The van der Waals surface area contributed by atoms with Crippen molar-refractivity contribution in [1.82, 2.24) is 0 Å². The Morgan fingerprint density at radius 1 is 1.54 bits per heavy atom. The second-order valence-electron chi connectivity index (χ2n) is 2.76. The topological polar surface area (TPSA) is 0 Å². The van der Waals surface area contributed by atoms with Crippen LogP contribution in [0.25, 0.3) is 0 Å². The number of hydrogen-bond donors (Lipinski definition) is 0. The lowest BCUT2D eigenvalue weighted by atomic mass is 9.99. The van der Waals surface area contributed by atoms with E-state index in [1.54, 1.807) is 12.1 Å². The summed E-state index contributed by atoms with van der Waals surface area (Å²) in [6.07, 6.45) is 6.85. The van der Waals surface area contributed by atoms with Crippen molar-refractivity contribution in [2.45, 2.75) is 6.92 Å². The highest BCUT2D eigenvalue weighted by Crippen LogP contribution is 2.17. The predicted octanol–water partition coefficient (Wildman–Crippen LogP) is 2.94. The fourth-order valence-electron chi connectivity index (χ4n) is 1.02. The van der Waals surface area contributed by atoms with E-state index in [1.807, 2.05) is 6.92 Å². The molecule has 1 aromatic rings. The van der Waals surface area contributed by atoms with E-state index in [9.17, 15) is 4.39 Å². The van der Waals surface area contributed by atoms with Crippen molar-refractivity contribution in [2.24, 2.45) is 0 Å². The van der Waals surface area contributed by atoms with E-state index in [1.165, 1.54) is 12.1 Å². The van der Waals surface area contributed by atoms with Crippen LogP contribution in [0.4, 0.5) is 4.39 Å². The fourth-order valence-corrected chi connectivity index (χ4v) is 1.02. The lowest BCUT2D eigenvalue weighted by Gasteiger charge is -2.05. The molecule has 0 aliphatic rings. The summed E-state index contributed by atoms with van der Waals surface area (Å²) >= 11 is 0. The van der Waals surface area contributed by atoms with Crippen molar-refractivity contribution < 1.29 is 4.39 Å². The Morgan fingerprint density at radius 2 is 2.23 bits per heavy atom. The Kier molecular flexibility index (Phi) is 2.87. The van der Waals surface area contributed by atoms with Gasteiger partial charge in [-0.15, -0.1) is 13.0 Å². The van der Waals surface area contributed by atoms with Crippen LogP contribution in [0.3, 0.4) is 0 Å². The standard InChI is InChI=1S/C12H10F/c1-4-9(3)11-6-10(5-2)7-12(13)8-11/h2,4,6-8H,1H2,3H3. The third-order valence-electron chi connectivity index (χ3n) is 1.83. The third-order valence-corrected chi connectivity index (χ3v) is 1.83. The first-order valence-electron chi connectivity index (χ1n) is 3.91. The largest absolute Gasteiger partial charge is 0.207 e. The maximum absolute atomic E-state index is 13.0. The summed E-state index contributed by atoms with van der Waals surface area (Å²) in [4.78, 5) is 0. The first-order chi connectivity index (χ1) is 6.17. The molecule has 0 saturated carbocycles. The van der Waals surface area contributed by atoms with Gasteiger partial charge in [0.25, 0.3) is 0 Å². The molecule has 1 rings (SSSR count). The minimum Gasteiger partial charge on any atom is -0.207 e. The summed E-state index contributed by atoms with van der Waals surface area (Å²) in [5, 5.41) is 0. The molecular weight excluding hydrogens is 163 g/mol. The Hall–Kier alpha value is -1.55. The minimum atomic E-state index is -0.313. The molecule has 0 fully saturated rings. The molecule has 0 bridgehead atoms. The molecule has 1 aromatic carbocycles. The van der Waals surface area contributed by atoms with Crippen LogP contribution in [0, 0.1) is 24.1 Å². The first-order valence-corrected chi connectivity index (χ1v) is 3.91. The minimum absolute atomic E-state index is 0.313. The molecule has 0 aliphatic heterocycles. The molecule has 0 aliphatic carbocycles. The molecule has 0 nitrogen and oxygen atoms in total. The van der Waals surface area contributed by atoms with Crippen molar-refractivity contribution in [3.05, 3.63) is 53.7 Å². The molecule has 0 aromatic heterocycles. The van der Waals surface area contributed by atoms with Crippen LogP contribution in [0.1, 0.15) is 18.1 Å². The smallest absolute Gasteiger partial charge is 0.124 e. The van der Waals surface area contributed by atoms with Crippen molar-refractivity contribution in [3.63, 3.8) is 0 Å². The molecule has 0 spiro atoms. The van der Waals surface area contributed by atoms with Gasteiger partial charge < -0.3 is 0 Å². The second kappa shape index (κ2) is 3.91. The van der Waals surface area contributed by atoms with E-state index >= 15 is 0 Å². The Balaban J connectivity index is 3.17. The van der Waals surface area contributed by atoms with E-state index in [-0.39, 0.29) is 5.82 Å². The van der Waals surface area contributed by atoms with E-state index < -0.39 is 0 Å². The van der Waals surface area contributed by atoms with E-state index in [2.05, 4.69) is 12.5 Å². The van der Waals surface area contributed by atoms with Crippen molar-refractivity contribution in [3.8, 4) is 12.3 Å². The van der Waals surface area contributed by atoms with Crippen LogP contribution in [-0.2, 0) is 0 Å². The van der Waals surface area contributed by atoms with Crippen molar-refractivity contribution in [2.75, 3.05) is 0 Å². The third kappa shape index (κ3) is 2.19. The molecule has 13 heavy (non-hydrogen) atoms. The zero-order chi connectivity index (χ0) is 9.84. The number of halogens is 1. The predicted molar refractivity (Wildman–Crippen MR) is 52.6 cm³/mol. The van der Waals surface area contributed by atoms with Crippen LogP contribution < -0.4 is 0 Å². The Bertz CT molecular complexity index is 358. The lowest BCUT2D eigenvalue weighted by molar-refractivity contribution is 0.626. The Morgan fingerprint density at radius 3 is 2.77 bits per heavy atom. The first kappa shape index (κ1) is 9.54. The van der Waals surface area contributed by atoms with Gasteiger partial charge in [0.15, 0.2) is 0 Å². The van der Waals surface area contributed by atoms with Gasteiger partial charge in [0.1, 0.15) is 5.82 Å². The van der Waals surface area contributed by atoms with Gasteiger partial charge in [-0.25, -0.2) is 4.39 Å². The molecule has 0 atom stereocenters. The van der Waals surface area contributed by atoms with E-state index in [4.69, 9.17) is 6.42 Å². The number of allylic oxidation sites excluding steroid dienone is 1. The molecule has 65 valence electrons. The lowest BCUT2D eigenvalue weighted by Crippen LogP contribution is -1.92. The summed E-state index contributed by atoms with van der Waals surface area (Å²) in [7, 11) is 0. The monoisotopic (exact) mass is 173 g/mol. The van der Waals surface area contributed by atoms with Gasteiger partial charge in [0, 0.05) is 11.5 Å². The van der Waals surface area contributed by atoms with E-state index in [0.29, 0.717) is 5.56 Å². The quantitative estimate of drug-likeness (QED) is 0.603. The van der Waals surface area contributed by atoms with Crippen LogP contribution >= 0.6 is 0 Å². The highest BCUT2D eigenvalue weighted by atomic mass is 19.1. The maximum Gasteiger partial charge on any atom is 0.124 e.